The van der Waals surface area contributed by atoms with Crippen molar-refractivity contribution in [3.05, 3.63) is 22.4 Å². The molecule has 0 amide bonds. The molecule has 1 rings (SSSR count). The lowest BCUT2D eigenvalue weighted by Gasteiger charge is -2.25. The summed E-state index contributed by atoms with van der Waals surface area (Å²) >= 11 is 1.85. The zero-order chi connectivity index (χ0) is 13.4. The van der Waals surface area contributed by atoms with Crippen LogP contribution in [0.5, 0.6) is 0 Å². The summed E-state index contributed by atoms with van der Waals surface area (Å²) in [7, 11) is 4.32. The monoisotopic (exact) mass is 268 g/mol. The summed E-state index contributed by atoms with van der Waals surface area (Å²) in [6, 6.07) is 5.50. The minimum absolute atomic E-state index is 0.499. The van der Waals surface area contributed by atoms with Crippen LogP contribution in [0.15, 0.2) is 17.5 Å². The van der Waals surface area contributed by atoms with E-state index in [1.807, 2.05) is 11.3 Å². The van der Waals surface area contributed by atoms with Crippen LogP contribution in [0, 0.1) is 0 Å². The van der Waals surface area contributed by atoms with Crippen molar-refractivity contribution in [2.45, 2.75) is 51.6 Å². The number of nitrogens with zero attached hydrogens (tertiary/aromatic N) is 1. The van der Waals surface area contributed by atoms with Crippen LogP contribution in [0.2, 0.25) is 0 Å². The molecule has 2 unspecified atom stereocenters. The summed E-state index contributed by atoms with van der Waals surface area (Å²) in [6.45, 7) is 5.61. The average Bonchev–Trinajstić information content (AvgIpc) is 2.83. The number of nitrogens with one attached hydrogen (secondary N) is 1. The third-order valence-corrected chi connectivity index (χ3v) is 4.37. The van der Waals surface area contributed by atoms with Gasteiger partial charge in [0.15, 0.2) is 0 Å². The van der Waals surface area contributed by atoms with Crippen LogP contribution in [0.1, 0.15) is 50.4 Å². The maximum atomic E-state index is 3.68. The fraction of sp³-hybridized carbons (Fsp3) is 0.733. The van der Waals surface area contributed by atoms with Crippen LogP contribution < -0.4 is 5.32 Å². The Hall–Kier alpha value is -0.380. The fourth-order valence-electron chi connectivity index (χ4n) is 2.13. The summed E-state index contributed by atoms with van der Waals surface area (Å²) in [4.78, 5) is 3.76. The molecule has 0 saturated carbocycles. The van der Waals surface area contributed by atoms with Crippen LogP contribution in [0.4, 0.5) is 0 Å². The highest BCUT2D eigenvalue weighted by Gasteiger charge is 2.15. The lowest BCUT2D eigenvalue weighted by molar-refractivity contribution is 0.282. The molecule has 0 saturated heterocycles. The van der Waals surface area contributed by atoms with Crippen molar-refractivity contribution in [1.82, 2.24) is 10.2 Å². The van der Waals surface area contributed by atoms with Crippen molar-refractivity contribution < 1.29 is 0 Å². The quantitative estimate of drug-likeness (QED) is 0.683. The molecular formula is C15H28N2S. The summed E-state index contributed by atoms with van der Waals surface area (Å²) in [6.07, 6.45) is 5.30. The van der Waals surface area contributed by atoms with Crippen molar-refractivity contribution >= 4 is 11.3 Å². The molecule has 0 spiro atoms. The van der Waals surface area contributed by atoms with E-state index in [2.05, 4.69) is 55.7 Å². The molecule has 1 aromatic heterocycles. The number of rotatable bonds is 9. The van der Waals surface area contributed by atoms with Gasteiger partial charge in [0.05, 0.1) is 6.04 Å². The Labute approximate surface area is 116 Å². The van der Waals surface area contributed by atoms with Crippen molar-refractivity contribution in [1.29, 1.82) is 0 Å². The minimum atomic E-state index is 0.499. The minimum Gasteiger partial charge on any atom is -0.312 e. The topological polar surface area (TPSA) is 15.3 Å². The van der Waals surface area contributed by atoms with E-state index in [4.69, 9.17) is 0 Å². The lowest BCUT2D eigenvalue weighted by Crippen LogP contribution is -2.35. The molecule has 0 aliphatic heterocycles. The molecule has 1 aromatic rings. The van der Waals surface area contributed by atoms with Crippen LogP contribution in [0.3, 0.4) is 0 Å². The van der Waals surface area contributed by atoms with Gasteiger partial charge in [-0.2, -0.15) is 0 Å². The number of unbranched alkanes of at least 4 members (excludes halogenated alkanes) is 2. The van der Waals surface area contributed by atoms with E-state index in [1.54, 1.807) is 0 Å². The molecule has 0 fully saturated rings. The first-order chi connectivity index (χ1) is 8.65. The van der Waals surface area contributed by atoms with E-state index in [0.717, 1.165) is 6.54 Å². The maximum Gasteiger partial charge on any atom is 0.0561 e. The van der Waals surface area contributed by atoms with Crippen molar-refractivity contribution in [3.8, 4) is 0 Å². The summed E-state index contributed by atoms with van der Waals surface area (Å²) in [5.74, 6) is 0. The van der Waals surface area contributed by atoms with E-state index >= 15 is 0 Å². The maximum absolute atomic E-state index is 3.68. The second kappa shape index (κ2) is 8.68. The van der Waals surface area contributed by atoms with Gasteiger partial charge in [-0.3, -0.25) is 0 Å². The third kappa shape index (κ3) is 5.51. The van der Waals surface area contributed by atoms with E-state index in [9.17, 15) is 0 Å². The number of thiophene rings is 1. The Kier molecular flexibility index (Phi) is 7.56. The van der Waals surface area contributed by atoms with Crippen LogP contribution in [-0.4, -0.2) is 31.6 Å². The predicted octanol–water partition coefficient (Wildman–Crippen LogP) is 3.91. The SMILES string of the molecule is CCCCCC(C)NCC(c1cccs1)N(C)C. The molecule has 1 N–H and O–H groups in total. The Bertz CT molecular complexity index is 295. The predicted molar refractivity (Wildman–Crippen MR) is 82.4 cm³/mol. The van der Waals surface area contributed by atoms with Crippen molar-refractivity contribution in [2.75, 3.05) is 20.6 Å². The number of hydrogen-bond donors (Lipinski definition) is 1. The summed E-state index contributed by atoms with van der Waals surface area (Å²) < 4.78 is 0. The summed E-state index contributed by atoms with van der Waals surface area (Å²) in [5, 5.41) is 5.84. The van der Waals surface area contributed by atoms with Gasteiger partial charge in [0.25, 0.3) is 0 Å². The average molecular weight is 268 g/mol. The first kappa shape index (κ1) is 15.7. The van der Waals surface area contributed by atoms with Crippen molar-refractivity contribution in [2.24, 2.45) is 0 Å². The molecule has 0 aromatic carbocycles. The standard InChI is InChI=1S/C15H28N2S/c1-5-6-7-9-13(2)16-12-14(17(3)4)15-10-8-11-18-15/h8,10-11,13-14,16H,5-7,9,12H2,1-4H3. The second-order valence-electron chi connectivity index (χ2n) is 5.30. The summed E-state index contributed by atoms with van der Waals surface area (Å²) in [5.41, 5.74) is 0. The van der Waals surface area contributed by atoms with Crippen molar-refractivity contribution in [3.63, 3.8) is 0 Å². The van der Waals surface area contributed by atoms with Gasteiger partial charge in [0.2, 0.25) is 0 Å². The van der Waals surface area contributed by atoms with Crippen LogP contribution in [-0.2, 0) is 0 Å². The van der Waals surface area contributed by atoms with E-state index < -0.39 is 0 Å². The molecule has 1 heterocycles. The Balaban J connectivity index is 2.34. The zero-order valence-corrected chi connectivity index (χ0v) is 13.1. The lowest BCUT2D eigenvalue weighted by atomic mass is 10.1. The molecule has 2 atom stereocenters. The second-order valence-corrected chi connectivity index (χ2v) is 6.28. The number of likely N-dealkylation sites (N-methyl/N-ethyl adjacent to an activating group) is 1. The Morgan fingerprint density at radius 2 is 2.11 bits per heavy atom. The Morgan fingerprint density at radius 3 is 2.67 bits per heavy atom. The van der Waals surface area contributed by atoms with Gasteiger partial charge in [-0.1, -0.05) is 32.3 Å². The first-order valence-electron chi connectivity index (χ1n) is 7.08. The molecule has 3 heteroatoms. The smallest absolute Gasteiger partial charge is 0.0561 e. The van der Waals surface area contributed by atoms with Gasteiger partial charge >= 0.3 is 0 Å². The molecule has 18 heavy (non-hydrogen) atoms. The molecule has 104 valence electrons. The van der Waals surface area contributed by atoms with E-state index in [1.165, 1.54) is 30.6 Å². The van der Waals surface area contributed by atoms with E-state index in [0.29, 0.717) is 12.1 Å². The highest BCUT2D eigenvalue weighted by Crippen LogP contribution is 2.22. The Morgan fingerprint density at radius 1 is 1.33 bits per heavy atom. The fourth-order valence-corrected chi connectivity index (χ4v) is 3.06. The van der Waals surface area contributed by atoms with Gasteiger partial charge in [-0.05, 0) is 38.9 Å². The van der Waals surface area contributed by atoms with Gasteiger partial charge in [0, 0.05) is 17.5 Å². The van der Waals surface area contributed by atoms with Gasteiger partial charge < -0.3 is 10.2 Å². The molecule has 0 aliphatic rings. The largest absolute Gasteiger partial charge is 0.312 e. The molecule has 0 bridgehead atoms. The van der Waals surface area contributed by atoms with Gasteiger partial charge in [0.1, 0.15) is 0 Å². The first-order valence-corrected chi connectivity index (χ1v) is 7.96. The van der Waals surface area contributed by atoms with E-state index in [-0.39, 0.29) is 0 Å². The van der Waals surface area contributed by atoms with Crippen LogP contribution in [0.25, 0.3) is 0 Å². The zero-order valence-electron chi connectivity index (χ0n) is 12.3. The highest BCUT2D eigenvalue weighted by atomic mass is 32.1. The molecule has 2 nitrogen and oxygen atoms in total. The third-order valence-electron chi connectivity index (χ3n) is 3.40. The molecular weight excluding hydrogens is 240 g/mol. The molecule has 0 radical (unpaired) electrons. The van der Waals surface area contributed by atoms with Crippen LogP contribution >= 0.6 is 11.3 Å². The molecule has 0 aliphatic carbocycles. The van der Waals surface area contributed by atoms with Gasteiger partial charge in [-0.15, -0.1) is 11.3 Å². The normalized spacial score (nSPS) is 14.9. The number of hydrogen-bond acceptors (Lipinski definition) is 3. The highest BCUT2D eigenvalue weighted by molar-refractivity contribution is 7.10. The van der Waals surface area contributed by atoms with Gasteiger partial charge in [-0.25, -0.2) is 0 Å².